The molecule has 1 saturated heterocycles. The standard InChI is InChI=1S/C27H35N3O5/c1-5-33-24(31)29-27(30-14-9-15-30)18-34-23-13-12-20(35-25(32)28-26(2,3)4)17-21(23)22(27)16-19-10-7-6-8-11-19/h6-8,10-13,17,22H,5,9,14-16,18H2,1-4H3,(H,28,32)(H,29,31). The normalized spacial score (nSPS) is 21.7. The van der Waals surface area contributed by atoms with E-state index in [1.165, 1.54) is 0 Å². The van der Waals surface area contributed by atoms with E-state index < -0.39 is 23.4 Å². The van der Waals surface area contributed by atoms with Crippen molar-refractivity contribution >= 4 is 12.2 Å². The van der Waals surface area contributed by atoms with E-state index in [0.717, 1.165) is 36.4 Å². The first-order valence-corrected chi connectivity index (χ1v) is 12.2. The number of benzene rings is 2. The van der Waals surface area contributed by atoms with Gasteiger partial charge in [0.05, 0.1) is 6.61 Å². The van der Waals surface area contributed by atoms with Crippen LogP contribution in [0.3, 0.4) is 0 Å². The predicted molar refractivity (Wildman–Crippen MR) is 133 cm³/mol. The molecule has 0 saturated carbocycles. The molecule has 4 rings (SSSR count). The van der Waals surface area contributed by atoms with Gasteiger partial charge >= 0.3 is 12.2 Å². The van der Waals surface area contributed by atoms with E-state index in [0.29, 0.717) is 18.8 Å². The molecule has 8 heteroatoms. The molecule has 0 bridgehead atoms. The molecule has 8 nitrogen and oxygen atoms in total. The Balaban J connectivity index is 1.73. The largest absolute Gasteiger partial charge is 0.489 e. The molecule has 2 aliphatic rings. The maximum absolute atomic E-state index is 12.7. The van der Waals surface area contributed by atoms with Crippen LogP contribution in [0.5, 0.6) is 11.5 Å². The zero-order chi connectivity index (χ0) is 25.1. The Labute approximate surface area is 206 Å². The molecule has 2 unspecified atom stereocenters. The van der Waals surface area contributed by atoms with Gasteiger partial charge in [0.1, 0.15) is 23.8 Å². The number of ether oxygens (including phenoxy) is 3. The molecule has 0 aliphatic carbocycles. The van der Waals surface area contributed by atoms with Crippen molar-refractivity contribution in [2.45, 2.75) is 57.7 Å². The summed E-state index contributed by atoms with van der Waals surface area (Å²) >= 11 is 0. The van der Waals surface area contributed by atoms with Crippen molar-refractivity contribution in [1.82, 2.24) is 15.5 Å². The van der Waals surface area contributed by atoms with E-state index in [2.05, 4.69) is 27.7 Å². The summed E-state index contributed by atoms with van der Waals surface area (Å²) in [5.74, 6) is 0.978. The fourth-order valence-electron chi connectivity index (χ4n) is 4.68. The second kappa shape index (κ2) is 10.2. The van der Waals surface area contributed by atoms with E-state index in [1.807, 2.05) is 51.1 Å². The van der Waals surface area contributed by atoms with Gasteiger partial charge in [-0.15, -0.1) is 0 Å². The monoisotopic (exact) mass is 481 g/mol. The maximum atomic E-state index is 12.7. The molecule has 35 heavy (non-hydrogen) atoms. The Bertz CT molecular complexity index is 1050. The van der Waals surface area contributed by atoms with Crippen molar-refractivity contribution in [1.29, 1.82) is 0 Å². The molecular formula is C27H35N3O5. The van der Waals surface area contributed by atoms with E-state index >= 15 is 0 Å². The number of hydrogen-bond donors (Lipinski definition) is 2. The van der Waals surface area contributed by atoms with Gasteiger partial charge in [-0.2, -0.15) is 0 Å². The summed E-state index contributed by atoms with van der Waals surface area (Å²) in [6.45, 7) is 9.75. The van der Waals surface area contributed by atoms with Crippen LogP contribution in [-0.2, 0) is 11.2 Å². The van der Waals surface area contributed by atoms with Crippen LogP contribution >= 0.6 is 0 Å². The van der Waals surface area contributed by atoms with Crippen LogP contribution in [0.2, 0.25) is 0 Å². The minimum absolute atomic E-state index is 0.160. The highest BCUT2D eigenvalue weighted by atomic mass is 16.6. The second-order valence-electron chi connectivity index (χ2n) is 10.1. The number of amides is 2. The quantitative estimate of drug-likeness (QED) is 0.634. The number of rotatable bonds is 6. The number of nitrogens with zero attached hydrogens (tertiary/aromatic N) is 1. The molecule has 2 amide bonds. The highest BCUT2D eigenvalue weighted by Gasteiger charge is 2.52. The molecule has 2 aliphatic heterocycles. The third kappa shape index (κ3) is 5.70. The lowest BCUT2D eigenvalue weighted by atomic mass is 9.77. The minimum Gasteiger partial charge on any atom is -0.489 e. The van der Waals surface area contributed by atoms with Gasteiger partial charge in [0, 0.05) is 30.1 Å². The smallest absolute Gasteiger partial charge is 0.413 e. The van der Waals surface area contributed by atoms with Crippen molar-refractivity contribution in [3.8, 4) is 11.5 Å². The molecule has 188 valence electrons. The summed E-state index contributed by atoms with van der Waals surface area (Å²) in [5.41, 5.74) is 0.808. The summed E-state index contributed by atoms with van der Waals surface area (Å²) in [5, 5.41) is 5.97. The Hall–Kier alpha value is -3.26. The molecule has 2 N–H and O–H groups in total. The Morgan fingerprint density at radius 2 is 1.86 bits per heavy atom. The van der Waals surface area contributed by atoms with E-state index in [-0.39, 0.29) is 12.5 Å². The fourth-order valence-corrected chi connectivity index (χ4v) is 4.68. The lowest BCUT2D eigenvalue weighted by molar-refractivity contribution is -0.0562. The first-order chi connectivity index (χ1) is 16.7. The van der Waals surface area contributed by atoms with Gasteiger partial charge in [-0.3, -0.25) is 10.2 Å². The van der Waals surface area contributed by atoms with Crippen molar-refractivity contribution < 1.29 is 23.8 Å². The molecular weight excluding hydrogens is 446 g/mol. The van der Waals surface area contributed by atoms with Crippen molar-refractivity contribution in [3.05, 3.63) is 59.7 Å². The number of hydrogen-bond acceptors (Lipinski definition) is 6. The van der Waals surface area contributed by atoms with Crippen LogP contribution in [0.1, 0.15) is 51.2 Å². The lowest BCUT2D eigenvalue weighted by Crippen LogP contribution is -2.71. The van der Waals surface area contributed by atoms with Crippen molar-refractivity contribution in [3.63, 3.8) is 0 Å². The highest BCUT2D eigenvalue weighted by molar-refractivity contribution is 5.72. The van der Waals surface area contributed by atoms with Gasteiger partial charge in [0.15, 0.2) is 0 Å². The van der Waals surface area contributed by atoms with Crippen LogP contribution in [0.25, 0.3) is 0 Å². The number of carbonyl (C=O) groups is 2. The summed E-state index contributed by atoms with van der Waals surface area (Å²) < 4.78 is 17.1. The van der Waals surface area contributed by atoms with Crippen LogP contribution < -0.4 is 20.1 Å². The zero-order valence-corrected chi connectivity index (χ0v) is 20.9. The molecule has 2 atom stereocenters. The Morgan fingerprint density at radius 3 is 2.49 bits per heavy atom. The first kappa shape index (κ1) is 24.9. The average molecular weight is 482 g/mol. The number of carbonyl (C=O) groups excluding carboxylic acids is 2. The second-order valence-corrected chi connectivity index (χ2v) is 10.1. The van der Waals surface area contributed by atoms with E-state index in [1.54, 1.807) is 13.0 Å². The van der Waals surface area contributed by atoms with Crippen LogP contribution in [0.15, 0.2) is 48.5 Å². The predicted octanol–water partition coefficient (Wildman–Crippen LogP) is 4.44. The molecule has 2 aromatic carbocycles. The number of fused-ring (bicyclic) bond motifs is 1. The SMILES string of the molecule is CCOC(=O)NC1(N2CCC2)COc2ccc(OC(=O)NC(C)(C)C)cc2C1Cc1ccccc1. The Morgan fingerprint density at radius 1 is 1.11 bits per heavy atom. The van der Waals surface area contributed by atoms with E-state index in [9.17, 15) is 9.59 Å². The molecule has 0 aromatic heterocycles. The fraction of sp³-hybridized carbons (Fsp3) is 0.481. The number of alkyl carbamates (subject to hydrolysis) is 1. The molecule has 2 heterocycles. The zero-order valence-electron chi connectivity index (χ0n) is 20.9. The third-order valence-corrected chi connectivity index (χ3v) is 6.37. The number of likely N-dealkylation sites (tertiary alicyclic amines) is 1. The van der Waals surface area contributed by atoms with Crippen molar-refractivity contribution in [2.75, 3.05) is 26.3 Å². The highest BCUT2D eigenvalue weighted by Crippen LogP contribution is 2.46. The number of nitrogens with one attached hydrogen (secondary N) is 2. The van der Waals surface area contributed by atoms with Crippen LogP contribution in [0.4, 0.5) is 9.59 Å². The third-order valence-electron chi connectivity index (χ3n) is 6.37. The summed E-state index contributed by atoms with van der Waals surface area (Å²) in [7, 11) is 0. The summed E-state index contributed by atoms with van der Waals surface area (Å²) in [4.78, 5) is 27.4. The van der Waals surface area contributed by atoms with Gasteiger partial charge in [0.2, 0.25) is 0 Å². The molecule has 0 radical (unpaired) electrons. The van der Waals surface area contributed by atoms with Crippen molar-refractivity contribution in [2.24, 2.45) is 0 Å². The van der Waals surface area contributed by atoms with Gasteiger partial charge in [0.25, 0.3) is 0 Å². The van der Waals surface area contributed by atoms with Gasteiger partial charge < -0.3 is 19.5 Å². The first-order valence-electron chi connectivity index (χ1n) is 12.2. The van der Waals surface area contributed by atoms with E-state index in [4.69, 9.17) is 14.2 Å². The maximum Gasteiger partial charge on any atom is 0.413 e. The van der Waals surface area contributed by atoms with Crippen LogP contribution in [-0.4, -0.2) is 54.6 Å². The Kier molecular flexibility index (Phi) is 7.21. The average Bonchev–Trinajstić information content (AvgIpc) is 2.74. The topological polar surface area (TPSA) is 89.1 Å². The summed E-state index contributed by atoms with van der Waals surface area (Å²) in [6, 6.07) is 15.6. The van der Waals surface area contributed by atoms with Gasteiger partial charge in [-0.05, 0) is 64.3 Å². The van der Waals surface area contributed by atoms with Crippen LogP contribution in [0, 0.1) is 0 Å². The minimum atomic E-state index is -0.792. The molecule has 1 fully saturated rings. The lowest BCUT2D eigenvalue weighted by Gasteiger charge is -2.54. The molecule has 0 spiro atoms. The van der Waals surface area contributed by atoms with Gasteiger partial charge in [-0.25, -0.2) is 9.59 Å². The summed E-state index contributed by atoms with van der Waals surface area (Å²) in [6.07, 6.45) is 0.722. The van der Waals surface area contributed by atoms with Gasteiger partial charge in [-0.1, -0.05) is 30.3 Å². The molecule has 2 aromatic rings.